The fraction of sp³-hybridized carbons (Fsp3) is 0.368. The van der Waals surface area contributed by atoms with E-state index >= 15 is 0 Å². The fourth-order valence-electron chi connectivity index (χ4n) is 3.47. The summed E-state index contributed by atoms with van der Waals surface area (Å²) in [6.45, 7) is 2.91. The highest BCUT2D eigenvalue weighted by molar-refractivity contribution is 7.89. The van der Waals surface area contributed by atoms with E-state index in [1.807, 2.05) is 18.2 Å². The normalized spacial score (nSPS) is 17.5. The number of hydrogen-bond acceptors (Lipinski definition) is 6. The topological polar surface area (TPSA) is 68.3 Å². The minimum atomic E-state index is -3.75. The second-order valence-electron chi connectivity index (χ2n) is 6.76. The predicted molar refractivity (Wildman–Crippen MR) is 110 cm³/mol. The summed E-state index contributed by atoms with van der Waals surface area (Å²) in [5.74, 6) is 1.57. The van der Waals surface area contributed by atoms with Crippen LogP contribution in [0.3, 0.4) is 0 Å². The van der Waals surface area contributed by atoms with Crippen LogP contribution >= 0.6 is 23.2 Å². The van der Waals surface area contributed by atoms with Crippen LogP contribution in [0, 0.1) is 0 Å². The average Bonchev–Trinajstić information content (AvgIpc) is 3.18. The molecule has 0 aliphatic carbocycles. The van der Waals surface area contributed by atoms with E-state index < -0.39 is 10.0 Å². The Labute approximate surface area is 179 Å². The van der Waals surface area contributed by atoms with E-state index in [0.717, 1.165) is 17.1 Å². The molecule has 7 nitrogen and oxygen atoms in total. The molecule has 2 heterocycles. The van der Waals surface area contributed by atoms with Gasteiger partial charge in [-0.3, -0.25) is 4.90 Å². The van der Waals surface area contributed by atoms with Crippen LogP contribution in [0.4, 0.5) is 0 Å². The van der Waals surface area contributed by atoms with Gasteiger partial charge in [-0.1, -0.05) is 29.3 Å². The molecular formula is C19H20Cl2N2O5S. The molecule has 1 fully saturated rings. The van der Waals surface area contributed by atoms with E-state index in [1.165, 1.54) is 23.5 Å². The molecule has 29 heavy (non-hydrogen) atoms. The molecule has 0 N–H and O–H groups in total. The lowest BCUT2D eigenvalue weighted by atomic mass is 10.2. The van der Waals surface area contributed by atoms with Crippen molar-refractivity contribution in [2.75, 3.05) is 40.1 Å². The number of sulfonamides is 1. The van der Waals surface area contributed by atoms with Gasteiger partial charge in [0.1, 0.15) is 9.92 Å². The molecule has 10 heteroatoms. The van der Waals surface area contributed by atoms with Gasteiger partial charge in [-0.05, 0) is 29.8 Å². The number of halogens is 2. The van der Waals surface area contributed by atoms with Gasteiger partial charge in [0.25, 0.3) is 0 Å². The lowest BCUT2D eigenvalue weighted by Gasteiger charge is -2.34. The van der Waals surface area contributed by atoms with Crippen LogP contribution in [0.5, 0.6) is 17.2 Å². The van der Waals surface area contributed by atoms with E-state index in [9.17, 15) is 8.42 Å². The predicted octanol–water partition coefficient (Wildman–Crippen LogP) is 3.24. The Morgan fingerprint density at radius 3 is 2.48 bits per heavy atom. The summed E-state index contributed by atoms with van der Waals surface area (Å²) in [5.41, 5.74) is 1.09. The van der Waals surface area contributed by atoms with Crippen LogP contribution in [0.1, 0.15) is 5.56 Å². The molecule has 0 amide bonds. The summed E-state index contributed by atoms with van der Waals surface area (Å²) in [7, 11) is -2.37. The summed E-state index contributed by atoms with van der Waals surface area (Å²) in [5, 5.41) is 0.340. The number of ether oxygens (including phenoxy) is 3. The highest BCUT2D eigenvalue weighted by Crippen LogP contribution is 2.38. The Bertz CT molecular complexity index is 1020. The molecular weight excluding hydrogens is 439 g/mol. The van der Waals surface area contributed by atoms with Crippen LogP contribution in [0.25, 0.3) is 0 Å². The summed E-state index contributed by atoms with van der Waals surface area (Å²) >= 11 is 12.1. The summed E-state index contributed by atoms with van der Waals surface area (Å²) in [4.78, 5) is 2.23. The minimum Gasteiger partial charge on any atom is -0.494 e. The lowest BCUT2D eigenvalue weighted by Crippen LogP contribution is -2.48. The number of rotatable bonds is 5. The molecule has 1 saturated heterocycles. The SMILES string of the molecule is COc1c(S(=O)(=O)N2CCN(Cc3ccc4c(c3)OCO4)CC2)ccc(Cl)c1Cl. The molecule has 156 valence electrons. The number of hydrogen-bond donors (Lipinski definition) is 0. The van der Waals surface area contributed by atoms with E-state index in [1.54, 1.807) is 0 Å². The van der Waals surface area contributed by atoms with Gasteiger partial charge in [0.15, 0.2) is 17.2 Å². The van der Waals surface area contributed by atoms with Crippen molar-refractivity contribution in [2.24, 2.45) is 0 Å². The van der Waals surface area contributed by atoms with Gasteiger partial charge in [-0.2, -0.15) is 4.31 Å². The van der Waals surface area contributed by atoms with Crippen LogP contribution in [-0.2, 0) is 16.6 Å². The zero-order valence-electron chi connectivity index (χ0n) is 15.7. The summed E-state index contributed by atoms with van der Waals surface area (Å²) in [6, 6.07) is 8.76. The standard InChI is InChI=1S/C19H20Cl2N2O5S/c1-26-19-17(5-3-14(20)18(19)21)29(24,25)23-8-6-22(7-9-23)11-13-2-4-15-16(10-13)28-12-27-15/h2-5,10H,6-9,11-12H2,1H3. The van der Waals surface area contributed by atoms with Crippen molar-refractivity contribution in [1.29, 1.82) is 0 Å². The molecule has 0 spiro atoms. The second-order valence-corrected chi connectivity index (χ2v) is 9.45. The van der Waals surface area contributed by atoms with Crippen LogP contribution in [0.2, 0.25) is 10.0 Å². The zero-order chi connectivity index (χ0) is 20.6. The zero-order valence-corrected chi connectivity index (χ0v) is 18.1. The third kappa shape index (κ3) is 4.00. The number of nitrogens with zero attached hydrogens (tertiary/aromatic N) is 2. The van der Waals surface area contributed by atoms with Gasteiger partial charge in [0.05, 0.1) is 12.1 Å². The molecule has 2 aromatic carbocycles. The van der Waals surface area contributed by atoms with Gasteiger partial charge in [-0.25, -0.2) is 8.42 Å². The van der Waals surface area contributed by atoms with Crippen LogP contribution in [-0.4, -0.2) is 57.7 Å². The maximum absolute atomic E-state index is 13.1. The Kier molecular flexibility index (Phi) is 5.81. The van der Waals surface area contributed by atoms with Gasteiger partial charge < -0.3 is 14.2 Å². The highest BCUT2D eigenvalue weighted by Gasteiger charge is 2.32. The van der Waals surface area contributed by atoms with E-state index in [0.29, 0.717) is 32.7 Å². The number of fused-ring (bicyclic) bond motifs is 1. The Morgan fingerprint density at radius 2 is 1.76 bits per heavy atom. The lowest BCUT2D eigenvalue weighted by molar-refractivity contribution is 0.173. The van der Waals surface area contributed by atoms with Crippen molar-refractivity contribution >= 4 is 33.2 Å². The fourth-order valence-corrected chi connectivity index (χ4v) is 5.50. The van der Waals surface area contributed by atoms with E-state index in [2.05, 4.69) is 4.90 Å². The third-order valence-electron chi connectivity index (χ3n) is 5.01. The maximum Gasteiger partial charge on any atom is 0.246 e. The Morgan fingerprint density at radius 1 is 1.03 bits per heavy atom. The molecule has 0 unspecified atom stereocenters. The Hall–Kier alpha value is -1.71. The molecule has 0 bridgehead atoms. The van der Waals surface area contributed by atoms with Crippen molar-refractivity contribution in [2.45, 2.75) is 11.4 Å². The molecule has 2 aliphatic rings. The van der Waals surface area contributed by atoms with Crippen molar-refractivity contribution in [1.82, 2.24) is 9.21 Å². The van der Waals surface area contributed by atoms with Crippen LogP contribution < -0.4 is 14.2 Å². The molecule has 4 rings (SSSR count). The minimum absolute atomic E-state index is 0.0265. The largest absolute Gasteiger partial charge is 0.494 e. The molecule has 2 aromatic rings. The summed E-state index contributed by atoms with van der Waals surface area (Å²) < 4.78 is 43.7. The van der Waals surface area contributed by atoms with Gasteiger partial charge in [-0.15, -0.1) is 0 Å². The first kappa shape index (κ1) is 20.6. The summed E-state index contributed by atoms with van der Waals surface area (Å²) in [6.07, 6.45) is 0. The van der Waals surface area contributed by atoms with Gasteiger partial charge >= 0.3 is 0 Å². The first-order valence-electron chi connectivity index (χ1n) is 9.03. The first-order chi connectivity index (χ1) is 13.9. The third-order valence-corrected chi connectivity index (χ3v) is 7.72. The highest BCUT2D eigenvalue weighted by atomic mass is 35.5. The monoisotopic (exact) mass is 458 g/mol. The number of piperazine rings is 1. The Balaban J connectivity index is 1.45. The maximum atomic E-state index is 13.1. The quantitative estimate of drug-likeness (QED) is 0.684. The van der Waals surface area contributed by atoms with Crippen LogP contribution in [0.15, 0.2) is 35.2 Å². The second kappa shape index (κ2) is 8.20. The molecule has 0 atom stereocenters. The average molecular weight is 459 g/mol. The number of benzene rings is 2. The van der Waals surface area contributed by atoms with E-state index in [4.69, 9.17) is 37.4 Å². The smallest absolute Gasteiger partial charge is 0.246 e. The van der Waals surface area contributed by atoms with Gasteiger partial charge in [0, 0.05) is 32.7 Å². The first-order valence-corrected chi connectivity index (χ1v) is 11.2. The number of methoxy groups -OCH3 is 1. The molecule has 0 aromatic heterocycles. The van der Waals surface area contributed by atoms with Crippen molar-refractivity contribution < 1.29 is 22.6 Å². The van der Waals surface area contributed by atoms with Crippen molar-refractivity contribution in [3.8, 4) is 17.2 Å². The van der Waals surface area contributed by atoms with E-state index in [-0.39, 0.29) is 27.5 Å². The van der Waals surface area contributed by atoms with Crippen molar-refractivity contribution in [3.63, 3.8) is 0 Å². The van der Waals surface area contributed by atoms with Gasteiger partial charge in [0.2, 0.25) is 16.8 Å². The van der Waals surface area contributed by atoms with Crippen molar-refractivity contribution in [3.05, 3.63) is 45.9 Å². The molecule has 2 aliphatic heterocycles. The molecule has 0 saturated carbocycles. The molecule has 0 radical (unpaired) electrons.